The molecular weight excluding hydrogens is 212 g/mol. The summed E-state index contributed by atoms with van der Waals surface area (Å²) in [5.74, 6) is -0.116. The fraction of sp³-hybridized carbons (Fsp3) is 0.286. The average molecular weight is 226 g/mol. The van der Waals surface area contributed by atoms with Crippen LogP contribution in [0.25, 0.3) is 11.1 Å². The van der Waals surface area contributed by atoms with Crippen LogP contribution in [0.3, 0.4) is 0 Å². The SMILES string of the molecule is [N-]=[N+]=CC(=O)C1CC=C(c2ccccc2)CC1. The Morgan fingerprint density at radius 3 is 2.71 bits per heavy atom. The summed E-state index contributed by atoms with van der Waals surface area (Å²) in [6.45, 7) is 0. The number of benzene rings is 1. The third-order valence-electron chi connectivity index (χ3n) is 3.14. The van der Waals surface area contributed by atoms with Gasteiger partial charge in [-0.1, -0.05) is 36.4 Å². The van der Waals surface area contributed by atoms with Gasteiger partial charge in [-0.25, -0.2) is 0 Å². The van der Waals surface area contributed by atoms with Gasteiger partial charge < -0.3 is 5.53 Å². The summed E-state index contributed by atoms with van der Waals surface area (Å²) in [6, 6.07) is 10.2. The zero-order valence-corrected chi connectivity index (χ0v) is 9.54. The maximum Gasteiger partial charge on any atom is 0.323 e. The maximum atomic E-state index is 11.5. The molecular formula is C14H14N2O. The normalized spacial score (nSPS) is 19.1. The van der Waals surface area contributed by atoms with Crippen molar-refractivity contribution in [2.24, 2.45) is 5.92 Å². The zero-order chi connectivity index (χ0) is 12.1. The van der Waals surface area contributed by atoms with E-state index < -0.39 is 0 Å². The summed E-state index contributed by atoms with van der Waals surface area (Å²) in [5.41, 5.74) is 10.9. The molecule has 1 aromatic rings. The lowest BCUT2D eigenvalue weighted by molar-refractivity contribution is -0.119. The zero-order valence-electron chi connectivity index (χ0n) is 9.54. The van der Waals surface area contributed by atoms with Crippen molar-refractivity contribution in [1.82, 2.24) is 0 Å². The van der Waals surface area contributed by atoms with Crippen LogP contribution in [0.4, 0.5) is 0 Å². The Labute approximate surface area is 100 Å². The second kappa shape index (κ2) is 5.37. The molecule has 1 aromatic carbocycles. The van der Waals surface area contributed by atoms with E-state index in [4.69, 9.17) is 5.53 Å². The van der Waals surface area contributed by atoms with Gasteiger partial charge in [0.05, 0.1) is 0 Å². The predicted octanol–water partition coefficient (Wildman–Crippen LogP) is 2.74. The van der Waals surface area contributed by atoms with Gasteiger partial charge in [0.25, 0.3) is 0 Å². The molecule has 1 aliphatic carbocycles. The van der Waals surface area contributed by atoms with Crippen LogP contribution in [-0.2, 0) is 4.79 Å². The number of Topliss-reactive ketones (excluding diaryl/α,β-unsaturated/α-hetero) is 1. The number of rotatable bonds is 3. The van der Waals surface area contributed by atoms with Gasteiger partial charge in [0.1, 0.15) is 0 Å². The van der Waals surface area contributed by atoms with E-state index in [2.05, 4.69) is 23.0 Å². The van der Waals surface area contributed by atoms with Crippen molar-refractivity contribution < 1.29 is 9.58 Å². The van der Waals surface area contributed by atoms with Crippen LogP contribution >= 0.6 is 0 Å². The van der Waals surface area contributed by atoms with Gasteiger partial charge in [-0.3, -0.25) is 4.79 Å². The Hall–Kier alpha value is -1.99. The van der Waals surface area contributed by atoms with Gasteiger partial charge in [0.15, 0.2) is 0 Å². The molecule has 3 heteroatoms. The lowest BCUT2D eigenvalue weighted by Crippen LogP contribution is -2.18. The quantitative estimate of drug-likeness (QED) is 0.444. The van der Waals surface area contributed by atoms with E-state index in [1.54, 1.807) is 0 Å². The van der Waals surface area contributed by atoms with Gasteiger partial charge in [0, 0.05) is 5.92 Å². The number of carbonyl (C=O) groups is 1. The first-order valence-electron chi connectivity index (χ1n) is 5.77. The van der Waals surface area contributed by atoms with E-state index in [1.165, 1.54) is 11.1 Å². The molecule has 0 heterocycles. The van der Waals surface area contributed by atoms with E-state index in [9.17, 15) is 4.79 Å². The van der Waals surface area contributed by atoms with E-state index in [1.807, 2.05) is 18.2 Å². The molecule has 0 aromatic heterocycles. The van der Waals surface area contributed by atoms with Gasteiger partial charge in [-0.2, -0.15) is 4.79 Å². The van der Waals surface area contributed by atoms with Crippen LogP contribution in [0.5, 0.6) is 0 Å². The lowest BCUT2D eigenvalue weighted by atomic mass is 9.84. The van der Waals surface area contributed by atoms with Crippen molar-refractivity contribution >= 4 is 17.6 Å². The Morgan fingerprint density at radius 1 is 1.35 bits per heavy atom. The van der Waals surface area contributed by atoms with Crippen molar-refractivity contribution in [1.29, 1.82) is 0 Å². The highest BCUT2D eigenvalue weighted by molar-refractivity contribution is 6.26. The molecule has 1 atom stereocenters. The third-order valence-corrected chi connectivity index (χ3v) is 3.14. The average Bonchev–Trinajstić information content (AvgIpc) is 2.40. The first-order valence-corrected chi connectivity index (χ1v) is 5.77. The van der Waals surface area contributed by atoms with E-state index in [0.29, 0.717) is 0 Å². The second-order valence-corrected chi connectivity index (χ2v) is 4.21. The topological polar surface area (TPSA) is 53.5 Å². The summed E-state index contributed by atoms with van der Waals surface area (Å²) in [5, 5.41) is 0. The van der Waals surface area contributed by atoms with E-state index in [-0.39, 0.29) is 11.7 Å². The predicted molar refractivity (Wildman–Crippen MR) is 66.5 cm³/mol. The summed E-state index contributed by atoms with van der Waals surface area (Å²) < 4.78 is 0. The van der Waals surface area contributed by atoms with Crippen molar-refractivity contribution in [2.45, 2.75) is 19.3 Å². The minimum atomic E-state index is -0.0872. The number of hydrogen-bond donors (Lipinski definition) is 0. The number of carbonyl (C=O) groups excluding carboxylic acids is 1. The Balaban J connectivity index is 2.08. The molecule has 1 aliphatic rings. The summed E-state index contributed by atoms with van der Waals surface area (Å²) in [4.78, 5) is 14.3. The fourth-order valence-electron chi connectivity index (χ4n) is 2.17. The molecule has 0 saturated heterocycles. The third kappa shape index (κ3) is 2.77. The van der Waals surface area contributed by atoms with Crippen molar-refractivity contribution in [3.05, 3.63) is 47.5 Å². The minimum Gasteiger partial charge on any atom is -0.361 e. The van der Waals surface area contributed by atoms with Crippen molar-refractivity contribution in [3.63, 3.8) is 0 Å². The molecule has 0 spiro atoms. The standard InChI is InChI=1S/C14H14N2O/c15-16-10-14(17)13-8-6-12(7-9-13)11-4-2-1-3-5-11/h1-6,10,13H,7-9H2. The summed E-state index contributed by atoms with van der Waals surface area (Å²) in [6.07, 6.45) is 5.58. The maximum absolute atomic E-state index is 11.5. The molecule has 3 nitrogen and oxygen atoms in total. The molecule has 0 aliphatic heterocycles. The van der Waals surface area contributed by atoms with Gasteiger partial charge in [0.2, 0.25) is 5.78 Å². The summed E-state index contributed by atoms with van der Waals surface area (Å²) in [7, 11) is 0. The summed E-state index contributed by atoms with van der Waals surface area (Å²) >= 11 is 0. The van der Waals surface area contributed by atoms with Gasteiger partial charge in [-0.15, -0.1) is 0 Å². The largest absolute Gasteiger partial charge is 0.361 e. The number of hydrogen-bond acceptors (Lipinski definition) is 1. The van der Waals surface area contributed by atoms with Gasteiger partial charge in [-0.05, 0) is 30.4 Å². The molecule has 0 radical (unpaired) electrons. The van der Waals surface area contributed by atoms with Crippen molar-refractivity contribution in [2.75, 3.05) is 0 Å². The highest BCUT2D eigenvalue weighted by Gasteiger charge is 2.22. The highest BCUT2D eigenvalue weighted by atomic mass is 16.1. The lowest BCUT2D eigenvalue weighted by Gasteiger charge is -2.18. The number of allylic oxidation sites excluding steroid dienone is 2. The van der Waals surface area contributed by atoms with Crippen molar-refractivity contribution in [3.8, 4) is 0 Å². The second-order valence-electron chi connectivity index (χ2n) is 4.21. The first kappa shape index (κ1) is 11.5. The number of ketones is 1. The molecule has 0 bridgehead atoms. The monoisotopic (exact) mass is 226 g/mol. The first-order chi connectivity index (χ1) is 8.31. The fourth-order valence-corrected chi connectivity index (χ4v) is 2.17. The Morgan fingerprint density at radius 2 is 2.12 bits per heavy atom. The Bertz CT molecular complexity index is 484. The molecule has 0 fully saturated rings. The molecule has 86 valence electrons. The molecule has 17 heavy (non-hydrogen) atoms. The molecule has 1 unspecified atom stereocenters. The highest BCUT2D eigenvalue weighted by Crippen LogP contribution is 2.30. The molecule has 0 N–H and O–H groups in total. The van der Waals surface area contributed by atoms with Crippen LogP contribution in [-0.4, -0.2) is 16.8 Å². The van der Waals surface area contributed by atoms with E-state index >= 15 is 0 Å². The molecule has 0 amide bonds. The van der Waals surface area contributed by atoms with Crippen LogP contribution in [0.2, 0.25) is 0 Å². The molecule has 0 saturated carbocycles. The van der Waals surface area contributed by atoms with Crippen LogP contribution in [0, 0.1) is 5.92 Å². The van der Waals surface area contributed by atoms with Crippen LogP contribution in [0.1, 0.15) is 24.8 Å². The van der Waals surface area contributed by atoms with Crippen LogP contribution in [0.15, 0.2) is 36.4 Å². The van der Waals surface area contributed by atoms with E-state index in [0.717, 1.165) is 25.5 Å². The molecule has 2 rings (SSSR count). The van der Waals surface area contributed by atoms with Crippen LogP contribution < -0.4 is 0 Å². The Kier molecular flexibility index (Phi) is 3.63. The van der Waals surface area contributed by atoms with Gasteiger partial charge >= 0.3 is 6.21 Å². The smallest absolute Gasteiger partial charge is 0.323 e. The minimum absolute atomic E-state index is 0.0293. The number of nitrogens with zero attached hydrogens (tertiary/aromatic N) is 2.